The number of anilines is 1. The van der Waals surface area contributed by atoms with Crippen LogP contribution < -0.4 is 10.6 Å². The molecule has 0 fully saturated rings. The molecule has 0 saturated carbocycles. The van der Waals surface area contributed by atoms with Gasteiger partial charge in [0.25, 0.3) is 0 Å². The fraction of sp³-hybridized carbons (Fsp3) is 0.143. The van der Waals surface area contributed by atoms with E-state index >= 15 is 0 Å². The zero-order valence-electron chi connectivity index (χ0n) is 10.5. The average Bonchev–Trinajstić information content (AvgIpc) is 2.38. The van der Waals surface area contributed by atoms with Crippen LogP contribution in [0.4, 0.5) is 5.69 Å². The molecule has 0 aliphatic carbocycles. The second-order valence-corrected chi connectivity index (χ2v) is 3.71. The molecule has 4 heteroatoms. The highest BCUT2D eigenvalue weighted by molar-refractivity contribution is 5.99. The Kier molecular flexibility index (Phi) is 4.87. The summed E-state index contributed by atoms with van der Waals surface area (Å²) in [5.41, 5.74) is 2.56. The number of likely N-dealkylation sites (N-methyl/N-ethyl adjacent to an activating group) is 1. The maximum atomic E-state index is 11.2. The monoisotopic (exact) mass is 244 g/mol. The molecule has 1 rings (SSSR count). The maximum Gasteiger partial charge on any atom is 0.247 e. The highest BCUT2D eigenvalue weighted by Crippen LogP contribution is 2.16. The number of rotatable bonds is 4. The lowest BCUT2D eigenvalue weighted by Gasteiger charge is -2.06. The number of carbonyl (C=O) groups excluding carboxylic acids is 2. The molecular formula is C14H16N2O2. The van der Waals surface area contributed by atoms with E-state index in [1.807, 2.05) is 13.0 Å². The maximum absolute atomic E-state index is 11.2. The number of benzene rings is 1. The molecule has 0 spiro atoms. The van der Waals surface area contributed by atoms with Crippen molar-refractivity contribution in [1.82, 2.24) is 5.32 Å². The van der Waals surface area contributed by atoms with Crippen LogP contribution in [0.15, 0.2) is 36.9 Å². The van der Waals surface area contributed by atoms with Gasteiger partial charge in [0.1, 0.15) is 0 Å². The van der Waals surface area contributed by atoms with E-state index in [1.54, 1.807) is 25.3 Å². The van der Waals surface area contributed by atoms with Gasteiger partial charge in [-0.15, -0.1) is 0 Å². The second-order valence-electron chi connectivity index (χ2n) is 3.71. The third-order valence-electron chi connectivity index (χ3n) is 2.39. The van der Waals surface area contributed by atoms with E-state index in [9.17, 15) is 9.59 Å². The molecule has 0 atom stereocenters. The summed E-state index contributed by atoms with van der Waals surface area (Å²) in [5, 5.41) is 5.17. The van der Waals surface area contributed by atoms with Gasteiger partial charge in [-0.25, -0.2) is 0 Å². The summed E-state index contributed by atoms with van der Waals surface area (Å²) in [6, 6.07) is 5.48. The lowest BCUT2D eigenvalue weighted by molar-refractivity contribution is -0.116. The zero-order chi connectivity index (χ0) is 13.5. The van der Waals surface area contributed by atoms with Gasteiger partial charge < -0.3 is 10.6 Å². The molecule has 1 aromatic rings. The summed E-state index contributed by atoms with van der Waals surface area (Å²) in [6.45, 7) is 5.32. The molecule has 18 heavy (non-hydrogen) atoms. The Balaban J connectivity index is 2.94. The van der Waals surface area contributed by atoms with Gasteiger partial charge in [-0.1, -0.05) is 12.6 Å². The summed E-state index contributed by atoms with van der Waals surface area (Å²) in [5.74, 6) is -0.435. The van der Waals surface area contributed by atoms with Crippen LogP contribution in [-0.4, -0.2) is 18.9 Å². The summed E-state index contributed by atoms with van der Waals surface area (Å²) < 4.78 is 0. The molecule has 0 bridgehead atoms. The highest BCUT2D eigenvalue weighted by atomic mass is 16.2. The van der Waals surface area contributed by atoms with Crippen molar-refractivity contribution >= 4 is 23.6 Å². The molecule has 0 saturated heterocycles. The minimum absolute atomic E-state index is 0.171. The summed E-state index contributed by atoms with van der Waals surface area (Å²) in [7, 11) is 1.57. The molecule has 1 aromatic carbocycles. The Morgan fingerprint density at radius 2 is 2.00 bits per heavy atom. The van der Waals surface area contributed by atoms with Crippen molar-refractivity contribution < 1.29 is 9.59 Å². The Morgan fingerprint density at radius 1 is 1.28 bits per heavy atom. The van der Waals surface area contributed by atoms with Gasteiger partial charge in [0.2, 0.25) is 11.8 Å². The van der Waals surface area contributed by atoms with E-state index in [0.29, 0.717) is 5.69 Å². The fourth-order valence-corrected chi connectivity index (χ4v) is 1.34. The van der Waals surface area contributed by atoms with Crippen LogP contribution in [0.3, 0.4) is 0 Å². The van der Waals surface area contributed by atoms with E-state index in [-0.39, 0.29) is 11.8 Å². The number of carbonyl (C=O) groups is 2. The number of aryl methyl sites for hydroxylation is 1. The van der Waals surface area contributed by atoms with Crippen LogP contribution in [0.2, 0.25) is 0 Å². The predicted molar refractivity (Wildman–Crippen MR) is 73.1 cm³/mol. The molecule has 0 aliphatic heterocycles. The van der Waals surface area contributed by atoms with Crippen molar-refractivity contribution in [2.24, 2.45) is 0 Å². The molecule has 0 aliphatic rings. The molecule has 94 valence electrons. The first kappa shape index (κ1) is 13.7. The predicted octanol–water partition coefficient (Wildman–Crippen LogP) is 1.88. The lowest BCUT2D eigenvalue weighted by atomic mass is 10.1. The zero-order valence-corrected chi connectivity index (χ0v) is 10.5. The van der Waals surface area contributed by atoms with Gasteiger partial charge >= 0.3 is 0 Å². The molecule has 4 nitrogen and oxygen atoms in total. The first-order chi connectivity index (χ1) is 8.56. The van der Waals surface area contributed by atoms with Crippen LogP contribution in [0.1, 0.15) is 11.1 Å². The third-order valence-corrected chi connectivity index (χ3v) is 2.39. The van der Waals surface area contributed by atoms with Gasteiger partial charge in [-0.05, 0) is 42.3 Å². The smallest absolute Gasteiger partial charge is 0.247 e. The largest absolute Gasteiger partial charge is 0.356 e. The van der Waals surface area contributed by atoms with E-state index < -0.39 is 0 Å². The van der Waals surface area contributed by atoms with Crippen LogP contribution in [-0.2, 0) is 9.59 Å². The van der Waals surface area contributed by atoms with Crippen molar-refractivity contribution in [3.05, 3.63) is 48.1 Å². The molecule has 2 N–H and O–H groups in total. The van der Waals surface area contributed by atoms with Crippen molar-refractivity contribution in [3.63, 3.8) is 0 Å². The fourth-order valence-electron chi connectivity index (χ4n) is 1.34. The lowest BCUT2D eigenvalue weighted by Crippen LogP contribution is -2.13. The first-order valence-electron chi connectivity index (χ1n) is 5.50. The van der Waals surface area contributed by atoms with Gasteiger partial charge in [0, 0.05) is 18.8 Å². The minimum atomic E-state index is -0.264. The normalized spacial score (nSPS) is 10.1. The Labute approximate surface area is 106 Å². The van der Waals surface area contributed by atoms with E-state index in [2.05, 4.69) is 17.2 Å². The standard InChI is InChI=1S/C14H16N2O2/c1-4-13(17)16-12-7-5-10(2)11(9-12)6-8-14(18)15-3/h4-9H,1H2,2-3H3,(H,15,18)(H,16,17)/b8-6+. The van der Waals surface area contributed by atoms with Crippen LogP contribution in [0.5, 0.6) is 0 Å². The topological polar surface area (TPSA) is 58.2 Å². The summed E-state index contributed by atoms with van der Waals surface area (Å²) in [4.78, 5) is 22.3. The molecule has 0 unspecified atom stereocenters. The van der Waals surface area contributed by atoms with Crippen LogP contribution >= 0.6 is 0 Å². The third kappa shape index (κ3) is 3.90. The minimum Gasteiger partial charge on any atom is -0.356 e. The highest BCUT2D eigenvalue weighted by Gasteiger charge is 2.00. The van der Waals surface area contributed by atoms with E-state index in [4.69, 9.17) is 0 Å². The molecule has 2 amide bonds. The van der Waals surface area contributed by atoms with Crippen molar-refractivity contribution in [1.29, 1.82) is 0 Å². The van der Waals surface area contributed by atoms with E-state index in [0.717, 1.165) is 11.1 Å². The van der Waals surface area contributed by atoms with E-state index in [1.165, 1.54) is 12.2 Å². The number of nitrogens with one attached hydrogen (secondary N) is 2. The quantitative estimate of drug-likeness (QED) is 0.794. The van der Waals surface area contributed by atoms with Crippen molar-refractivity contribution in [2.45, 2.75) is 6.92 Å². The van der Waals surface area contributed by atoms with Gasteiger partial charge in [-0.2, -0.15) is 0 Å². The van der Waals surface area contributed by atoms with Crippen molar-refractivity contribution in [2.75, 3.05) is 12.4 Å². The van der Waals surface area contributed by atoms with Gasteiger partial charge in [-0.3, -0.25) is 9.59 Å². The van der Waals surface area contributed by atoms with Crippen LogP contribution in [0, 0.1) is 6.92 Å². The average molecular weight is 244 g/mol. The van der Waals surface area contributed by atoms with Crippen molar-refractivity contribution in [3.8, 4) is 0 Å². The second kappa shape index (κ2) is 6.39. The van der Waals surface area contributed by atoms with Crippen LogP contribution in [0.25, 0.3) is 6.08 Å². The number of amides is 2. The molecule has 0 heterocycles. The molecule has 0 aromatic heterocycles. The van der Waals surface area contributed by atoms with Gasteiger partial charge in [0.05, 0.1) is 0 Å². The summed E-state index contributed by atoms with van der Waals surface area (Å²) >= 11 is 0. The Bertz CT molecular complexity index is 505. The number of hydrogen-bond acceptors (Lipinski definition) is 2. The molecule has 0 radical (unpaired) electrons. The molecular weight excluding hydrogens is 228 g/mol. The Morgan fingerprint density at radius 3 is 2.61 bits per heavy atom. The Hall–Kier alpha value is -2.36. The van der Waals surface area contributed by atoms with Gasteiger partial charge in [0.15, 0.2) is 0 Å². The number of hydrogen-bond donors (Lipinski definition) is 2. The first-order valence-corrected chi connectivity index (χ1v) is 5.50. The SMILES string of the molecule is C=CC(=O)Nc1ccc(C)c(/C=C/C(=O)NC)c1. The summed E-state index contributed by atoms with van der Waals surface area (Å²) in [6.07, 6.45) is 4.36.